The van der Waals surface area contributed by atoms with Crippen molar-refractivity contribution in [2.45, 2.75) is 12.8 Å². The smallest absolute Gasteiger partial charge is 0.324 e. The molecule has 1 aliphatic heterocycles. The van der Waals surface area contributed by atoms with Crippen molar-refractivity contribution in [2.24, 2.45) is 5.41 Å². The van der Waals surface area contributed by atoms with Crippen LogP contribution in [0.3, 0.4) is 0 Å². The second-order valence-electron chi connectivity index (χ2n) is 5.29. The summed E-state index contributed by atoms with van der Waals surface area (Å²) in [6.07, 6.45) is 5.17. The van der Waals surface area contributed by atoms with Crippen molar-refractivity contribution < 1.29 is 28.5 Å². The maximum Gasteiger partial charge on any atom is 0.324 e. The van der Waals surface area contributed by atoms with E-state index in [-0.39, 0.29) is 19.6 Å². The van der Waals surface area contributed by atoms with Gasteiger partial charge in [0.15, 0.2) is 16.9 Å². The minimum Gasteiger partial charge on any atom is -0.468 e. The molecular weight excluding hydrogens is 312 g/mol. The van der Waals surface area contributed by atoms with Crippen LogP contribution in [0.15, 0.2) is 24.8 Å². The molecule has 0 aromatic heterocycles. The second-order valence-corrected chi connectivity index (χ2v) is 5.29. The van der Waals surface area contributed by atoms with Crippen LogP contribution in [-0.2, 0) is 19.1 Å². The average molecular weight is 330 g/mol. The van der Waals surface area contributed by atoms with Gasteiger partial charge in [0, 0.05) is 12.8 Å². The van der Waals surface area contributed by atoms with Gasteiger partial charge in [0.25, 0.3) is 0 Å². The van der Waals surface area contributed by atoms with Crippen molar-refractivity contribution in [3.63, 3.8) is 0 Å². The van der Waals surface area contributed by atoms with E-state index < -0.39 is 17.4 Å². The molecule has 0 atom stereocenters. The Morgan fingerprint density at radius 3 is 2.46 bits per heavy atom. The van der Waals surface area contributed by atoms with Crippen LogP contribution in [0.2, 0.25) is 0 Å². The maximum absolute atomic E-state index is 12.3. The molecule has 0 saturated carbocycles. The molecular formula is C18H18O6. The second kappa shape index (κ2) is 7.09. The van der Waals surface area contributed by atoms with Crippen LogP contribution in [-0.4, -0.2) is 33.0 Å². The van der Waals surface area contributed by atoms with E-state index in [0.29, 0.717) is 22.6 Å². The molecule has 0 bridgehead atoms. The van der Waals surface area contributed by atoms with Gasteiger partial charge in [-0.2, -0.15) is 0 Å². The van der Waals surface area contributed by atoms with Gasteiger partial charge in [-0.15, -0.1) is 12.3 Å². The highest BCUT2D eigenvalue weighted by Gasteiger charge is 2.48. The van der Waals surface area contributed by atoms with Crippen molar-refractivity contribution in [1.29, 1.82) is 0 Å². The molecule has 1 aliphatic rings. The van der Waals surface area contributed by atoms with Crippen LogP contribution in [0.4, 0.5) is 0 Å². The van der Waals surface area contributed by atoms with Gasteiger partial charge in [-0.1, -0.05) is 12.6 Å². The van der Waals surface area contributed by atoms with E-state index in [2.05, 4.69) is 12.5 Å². The number of carbonyl (C=O) groups is 2. The van der Waals surface area contributed by atoms with Crippen LogP contribution in [0.25, 0.3) is 5.57 Å². The lowest BCUT2D eigenvalue weighted by Gasteiger charge is -2.27. The molecule has 0 N–H and O–H groups in total. The highest BCUT2D eigenvalue weighted by atomic mass is 16.7. The number of hydrogen-bond acceptors (Lipinski definition) is 6. The summed E-state index contributed by atoms with van der Waals surface area (Å²) in [7, 11) is 2.39. The van der Waals surface area contributed by atoms with Gasteiger partial charge in [0.1, 0.15) is 0 Å². The lowest BCUT2D eigenvalue weighted by Crippen LogP contribution is -2.41. The highest BCUT2D eigenvalue weighted by molar-refractivity contribution is 6.02. The maximum atomic E-state index is 12.3. The number of terminal acetylenes is 1. The molecule has 6 nitrogen and oxygen atoms in total. The van der Waals surface area contributed by atoms with Gasteiger partial charge in [0.2, 0.25) is 6.79 Å². The number of benzene rings is 1. The lowest BCUT2D eigenvalue weighted by atomic mass is 9.77. The first-order chi connectivity index (χ1) is 11.5. The van der Waals surface area contributed by atoms with Gasteiger partial charge < -0.3 is 18.9 Å². The molecule has 0 radical (unpaired) electrons. The van der Waals surface area contributed by atoms with E-state index in [1.54, 1.807) is 18.2 Å². The zero-order chi connectivity index (χ0) is 17.7. The Balaban J connectivity index is 2.34. The number of methoxy groups -OCH3 is 2. The zero-order valence-electron chi connectivity index (χ0n) is 13.6. The minimum atomic E-state index is -1.63. The normalized spacial score (nSPS) is 12.2. The number of carbonyl (C=O) groups excluding carboxylic acids is 2. The van der Waals surface area contributed by atoms with Crippen LogP contribution in [0.5, 0.6) is 11.5 Å². The molecule has 1 heterocycles. The quantitative estimate of drug-likeness (QED) is 0.452. The fraction of sp³-hybridized carbons (Fsp3) is 0.333. The Morgan fingerprint density at radius 2 is 1.88 bits per heavy atom. The molecule has 0 spiro atoms. The largest absolute Gasteiger partial charge is 0.468 e. The number of allylic oxidation sites excluding steroid dienone is 1. The summed E-state index contributed by atoms with van der Waals surface area (Å²) in [5.74, 6) is 2.04. The molecule has 6 heteroatoms. The van der Waals surface area contributed by atoms with Gasteiger partial charge in [0.05, 0.1) is 14.2 Å². The molecule has 0 amide bonds. The molecule has 0 fully saturated rings. The van der Waals surface area contributed by atoms with E-state index in [0.717, 1.165) is 0 Å². The molecule has 24 heavy (non-hydrogen) atoms. The number of esters is 2. The van der Waals surface area contributed by atoms with Crippen LogP contribution in [0, 0.1) is 17.8 Å². The Bertz CT molecular complexity index is 697. The molecule has 1 aromatic rings. The van der Waals surface area contributed by atoms with Crippen LogP contribution < -0.4 is 9.47 Å². The van der Waals surface area contributed by atoms with Crippen molar-refractivity contribution >= 4 is 17.5 Å². The standard InChI is InChI=1S/C18H18O6/c1-5-8-18(16(19)21-3,17(20)22-4)10-12(2)13-6-7-14-15(9-13)24-11-23-14/h1,6-7,9H,2,8,10-11H2,3-4H3. The third-order valence-electron chi connectivity index (χ3n) is 3.85. The number of fused-ring (bicyclic) bond motifs is 1. The van der Waals surface area contributed by atoms with E-state index in [9.17, 15) is 9.59 Å². The monoisotopic (exact) mass is 330 g/mol. The number of rotatable bonds is 6. The summed E-state index contributed by atoms with van der Waals surface area (Å²) in [5, 5.41) is 0. The number of ether oxygens (including phenoxy) is 4. The van der Waals surface area contributed by atoms with Crippen molar-refractivity contribution in [3.8, 4) is 23.8 Å². The Morgan fingerprint density at radius 1 is 1.25 bits per heavy atom. The molecule has 0 unspecified atom stereocenters. The topological polar surface area (TPSA) is 71.1 Å². The summed E-state index contributed by atoms with van der Waals surface area (Å²) in [6, 6.07) is 5.24. The van der Waals surface area contributed by atoms with Gasteiger partial charge >= 0.3 is 11.9 Å². The summed E-state index contributed by atoms with van der Waals surface area (Å²) in [4.78, 5) is 24.5. The van der Waals surface area contributed by atoms with Crippen LogP contribution >= 0.6 is 0 Å². The van der Waals surface area contributed by atoms with Crippen molar-refractivity contribution in [3.05, 3.63) is 30.3 Å². The first-order valence-electron chi connectivity index (χ1n) is 7.16. The first kappa shape index (κ1) is 17.4. The predicted octanol–water partition coefficient (Wildman–Crippen LogP) is 2.17. The summed E-state index contributed by atoms with van der Waals surface area (Å²) in [6.45, 7) is 4.12. The average Bonchev–Trinajstić information content (AvgIpc) is 3.07. The summed E-state index contributed by atoms with van der Waals surface area (Å²) < 4.78 is 20.1. The predicted molar refractivity (Wildman–Crippen MR) is 86.1 cm³/mol. The molecule has 126 valence electrons. The van der Waals surface area contributed by atoms with Crippen molar-refractivity contribution in [2.75, 3.05) is 21.0 Å². The highest BCUT2D eigenvalue weighted by Crippen LogP contribution is 2.39. The zero-order valence-corrected chi connectivity index (χ0v) is 13.6. The minimum absolute atomic E-state index is 0.0316. The molecule has 1 aromatic carbocycles. The van der Waals surface area contributed by atoms with Gasteiger partial charge in [-0.25, -0.2) is 0 Å². The van der Waals surface area contributed by atoms with Crippen molar-refractivity contribution in [1.82, 2.24) is 0 Å². The van der Waals surface area contributed by atoms with E-state index in [1.807, 2.05) is 0 Å². The summed E-state index contributed by atoms with van der Waals surface area (Å²) in [5.41, 5.74) is -0.404. The SMILES string of the molecule is C#CCC(CC(=C)c1ccc2c(c1)OCO2)(C(=O)OC)C(=O)OC. The van der Waals surface area contributed by atoms with E-state index in [4.69, 9.17) is 25.4 Å². The summed E-state index contributed by atoms with van der Waals surface area (Å²) >= 11 is 0. The fourth-order valence-electron chi connectivity index (χ4n) is 2.58. The molecule has 2 rings (SSSR count). The van der Waals surface area contributed by atoms with E-state index in [1.165, 1.54) is 14.2 Å². The number of hydrogen-bond donors (Lipinski definition) is 0. The van der Waals surface area contributed by atoms with Gasteiger partial charge in [-0.3, -0.25) is 9.59 Å². The lowest BCUT2D eigenvalue weighted by molar-refractivity contribution is -0.168. The Hall–Kier alpha value is -2.94. The fourth-order valence-corrected chi connectivity index (χ4v) is 2.58. The van der Waals surface area contributed by atoms with Gasteiger partial charge in [-0.05, 0) is 23.3 Å². The van der Waals surface area contributed by atoms with E-state index >= 15 is 0 Å². The Kier molecular flexibility index (Phi) is 5.14. The molecule has 0 aliphatic carbocycles. The third kappa shape index (κ3) is 3.06. The third-order valence-corrected chi connectivity index (χ3v) is 3.85. The molecule has 0 saturated heterocycles. The van der Waals surface area contributed by atoms with Crippen LogP contribution in [0.1, 0.15) is 18.4 Å². The first-order valence-corrected chi connectivity index (χ1v) is 7.16. The Labute approximate surface area is 140 Å².